The quantitative estimate of drug-likeness (QED) is 0.474. The zero-order valence-electron chi connectivity index (χ0n) is 17.2. The maximum atomic E-state index is 11.7. The predicted molar refractivity (Wildman–Crippen MR) is 112 cm³/mol. The van der Waals surface area contributed by atoms with Gasteiger partial charge in [-0.3, -0.25) is 4.79 Å². The van der Waals surface area contributed by atoms with E-state index in [1.807, 2.05) is 45.0 Å². The van der Waals surface area contributed by atoms with E-state index in [4.69, 9.17) is 14.6 Å². The van der Waals surface area contributed by atoms with E-state index in [1.165, 1.54) is 17.7 Å². The van der Waals surface area contributed by atoms with E-state index in [0.717, 1.165) is 25.7 Å². The van der Waals surface area contributed by atoms with Crippen LogP contribution in [0.25, 0.3) is 0 Å². The minimum atomic E-state index is -3.71. The Hall–Kier alpha value is -2.38. The van der Waals surface area contributed by atoms with Gasteiger partial charge in [0.25, 0.3) is 0 Å². The van der Waals surface area contributed by atoms with Gasteiger partial charge in [0.05, 0.1) is 4.90 Å². The molecule has 0 aromatic heterocycles. The molecule has 0 fully saturated rings. The molecule has 0 saturated carbocycles. The molecule has 0 saturated heterocycles. The Morgan fingerprint density at radius 1 is 0.897 bits per heavy atom. The first-order valence-electron chi connectivity index (χ1n) is 9.64. The lowest BCUT2D eigenvalue weighted by molar-refractivity contribution is -0.154. The molecule has 0 amide bonds. The molecule has 158 valence electrons. The molecule has 0 unspecified atom stereocenters. The molecule has 0 heterocycles. The van der Waals surface area contributed by atoms with Crippen molar-refractivity contribution in [2.24, 2.45) is 5.14 Å². The van der Waals surface area contributed by atoms with Crippen molar-refractivity contribution in [3.05, 3.63) is 54.1 Å². The van der Waals surface area contributed by atoms with Gasteiger partial charge in [0.1, 0.15) is 17.1 Å². The highest BCUT2D eigenvalue weighted by Crippen LogP contribution is 2.23. The first kappa shape index (κ1) is 22.9. The molecule has 0 aliphatic heterocycles. The summed E-state index contributed by atoms with van der Waals surface area (Å²) in [5, 5.41) is 5.08. The Morgan fingerprint density at radius 3 is 1.97 bits per heavy atom. The number of unbranched alkanes of at least 4 members (excludes halogenated alkanes) is 2. The average molecular weight is 420 g/mol. The van der Waals surface area contributed by atoms with E-state index in [9.17, 15) is 13.2 Å². The van der Waals surface area contributed by atoms with Crippen LogP contribution < -0.4 is 9.88 Å². The number of carbonyl (C=O) groups excluding carboxylic acids is 1. The van der Waals surface area contributed by atoms with Crippen LogP contribution in [0.1, 0.15) is 52.0 Å². The third-order valence-electron chi connectivity index (χ3n) is 4.08. The minimum absolute atomic E-state index is 0.0480. The standard InChI is InChI=1S/C22H29NO5S/c1-22(2,3)28-21(24)8-6-4-5-7-17-9-11-18(12-10-17)27-19-13-15-20(16-14-19)29(23,25)26/h9-16H,4-8H2,1-3H3,(H2,23,25,26). The second kappa shape index (κ2) is 9.89. The minimum Gasteiger partial charge on any atom is -0.460 e. The number of aryl methyl sites for hydroxylation is 1. The topological polar surface area (TPSA) is 95.7 Å². The van der Waals surface area contributed by atoms with Crippen molar-refractivity contribution in [3.8, 4) is 11.5 Å². The van der Waals surface area contributed by atoms with Crippen LogP contribution in [-0.4, -0.2) is 20.0 Å². The van der Waals surface area contributed by atoms with Crippen molar-refractivity contribution < 1.29 is 22.7 Å². The van der Waals surface area contributed by atoms with Crippen molar-refractivity contribution in [1.29, 1.82) is 0 Å². The molecule has 2 aromatic rings. The zero-order chi connectivity index (χ0) is 21.5. The average Bonchev–Trinajstić information content (AvgIpc) is 2.61. The SMILES string of the molecule is CC(C)(C)OC(=O)CCCCCc1ccc(Oc2ccc(S(N)(=O)=O)cc2)cc1. The normalized spacial score (nSPS) is 11.9. The highest BCUT2D eigenvalue weighted by atomic mass is 32.2. The summed E-state index contributed by atoms with van der Waals surface area (Å²) in [6, 6.07) is 13.7. The van der Waals surface area contributed by atoms with Crippen LogP contribution in [0, 0.1) is 0 Å². The van der Waals surface area contributed by atoms with Gasteiger partial charge >= 0.3 is 5.97 Å². The number of rotatable bonds is 9. The number of esters is 1. The summed E-state index contributed by atoms with van der Waals surface area (Å²) < 4.78 is 33.6. The van der Waals surface area contributed by atoms with Crippen molar-refractivity contribution in [2.45, 2.75) is 63.4 Å². The number of hydrogen-bond donors (Lipinski definition) is 1. The molecule has 2 aromatic carbocycles. The highest BCUT2D eigenvalue weighted by molar-refractivity contribution is 7.89. The molecule has 0 bridgehead atoms. The molecule has 29 heavy (non-hydrogen) atoms. The van der Waals surface area contributed by atoms with Gasteiger partial charge in [-0.15, -0.1) is 0 Å². The second-order valence-corrected chi connectivity index (χ2v) is 9.47. The van der Waals surface area contributed by atoms with Gasteiger partial charge in [-0.05, 0) is 82.0 Å². The predicted octanol–water partition coefficient (Wildman–Crippen LogP) is 4.57. The first-order valence-corrected chi connectivity index (χ1v) is 11.2. The Balaban J connectivity index is 1.74. The van der Waals surface area contributed by atoms with Gasteiger partial charge in [-0.25, -0.2) is 13.6 Å². The lowest BCUT2D eigenvalue weighted by Crippen LogP contribution is -2.23. The van der Waals surface area contributed by atoms with Crippen LogP contribution in [0.15, 0.2) is 53.4 Å². The van der Waals surface area contributed by atoms with E-state index in [2.05, 4.69) is 0 Å². The largest absolute Gasteiger partial charge is 0.460 e. The summed E-state index contributed by atoms with van der Waals surface area (Å²) in [5.74, 6) is 1.06. The number of hydrogen-bond acceptors (Lipinski definition) is 5. The first-order chi connectivity index (χ1) is 13.5. The fraction of sp³-hybridized carbons (Fsp3) is 0.409. The lowest BCUT2D eigenvalue weighted by atomic mass is 10.1. The molecule has 0 aliphatic carbocycles. The van der Waals surface area contributed by atoms with Gasteiger partial charge in [0.2, 0.25) is 10.0 Å². The number of carbonyl (C=O) groups is 1. The molecular weight excluding hydrogens is 390 g/mol. The van der Waals surface area contributed by atoms with Crippen molar-refractivity contribution >= 4 is 16.0 Å². The van der Waals surface area contributed by atoms with Crippen LogP contribution in [-0.2, 0) is 26.0 Å². The van der Waals surface area contributed by atoms with Gasteiger partial charge in [-0.1, -0.05) is 18.6 Å². The van der Waals surface area contributed by atoms with E-state index in [-0.39, 0.29) is 10.9 Å². The van der Waals surface area contributed by atoms with Gasteiger partial charge < -0.3 is 9.47 Å². The summed E-state index contributed by atoms with van der Waals surface area (Å²) in [5.41, 5.74) is 0.768. The highest BCUT2D eigenvalue weighted by Gasteiger charge is 2.15. The molecule has 0 atom stereocenters. The van der Waals surface area contributed by atoms with Crippen LogP contribution in [0.4, 0.5) is 0 Å². The second-order valence-electron chi connectivity index (χ2n) is 7.91. The van der Waals surface area contributed by atoms with Crippen LogP contribution in [0.3, 0.4) is 0 Å². The monoisotopic (exact) mass is 419 g/mol. The van der Waals surface area contributed by atoms with Crippen LogP contribution >= 0.6 is 0 Å². The summed E-state index contributed by atoms with van der Waals surface area (Å²) in [6.45, 7) is 5.62. The van der Waals surface area contributed by atoms with Gasteiger partial charge in [0, 0.05) is 6.42 Å². The Labute approximate surface area is 173 Å². The summed E-state index contributed by atoms with van der Waals surface area (Å²) in [6.07, 6.45) is 4.17. The lowest BCUT2D eigenvalue weighted by Gasteiger charge is -2.19. The van der Waals surface area contributed by atoms with Crippen molar-refractivity contribution in [3.63, 3.8) is 0 Å². The molecule has 0 aliphatic rings. The fourth-order valence-electron chi connectivity index (χ4n) is 2.73. The Kier molecular flexibility index (Phi) is 7.81. The molecule has 2 rings (SSSR count). The molecule has 0 radical (unpaired) electrons. The van der Waals surface area contributed by atoms with E-state index < -0.39 is 15.6 Å². The molecule has 6 nitrogen and oxygen atoms in total. The van der Waals surface area contributed by atoms with E-state index >= 15 is 0 Å². The molecule has 2 N–H and O–H groups in total. The summed E-state index contributed by atoms with van der Waals surface area (Å²) in [7, 11) is -3.71. The van der Waals surface area contributed by atoms with Gasteiger partial charge in [-0.2, -0.15) is 0 Å². The maximum Gasteiger partial charge on any atom is 0.306 e. The Morgan fingerprint density at radius 2 is 1.45 bits per heavy atom. The van der Waals surface area contributed by atoms with Crippen LogP contribution in [0.5, 0.6) is 11.5 Å². The third-order valence-corrected chi connectivity index (χ3v) is 5.01. The maximum absolute atomic E-state index is 11.7. The number of benzene rings is 2. The molecular formula is C22H29NO5S. The number of nitrogens with two attached hydrogens (primary N) is 1. The number of ether oxygens (including phenoxy) is 2. The summed E-state index contributed by atoms with van der Waals surface area (Å²) in [4.78, 5) is 11.7. The van der Waals surface area contributed by atoms with Gasteiger partial charge in [0.15, 0.2) is 0 Å². The van der Waals surface area contributed by atoms with Crippen molar-refractivity contribution in [2.75, 3.05) is 0 Å². The van der Waals surface area contributed by atoms with E-state index in [1.54, 1.807) is 12.1 Å². The number of sulfonamides is 1. The van der Waals surface area contributed by atoms with E-state index in [0.29, 0.717) is 17.9 Å². The summed E-state index contributed by atoms with van der Waals surface area (Å²) >= 11 is 0. The molecule has 7 heteroatoms. The smallest absolute Gasteiger partial charge is 0.306 e. The Bertz CT molecular complexity index is 898. The number of primary sulfonamides is 1. The van der Waals surface area contributed by atoms with Crippen molar-refractivity contribution in [1.82, 2.24) is 0 Å². The molecule has 0 spiro atoms. The third kappa shape index (κ3) is 8.66. The fourth-order valence-corrected chi connectivity index (χ4v) is 3.24. The van der Waals surface area contributed by atoms with Crippen LogP contribution in [0.2, 0.25) is 0 Å². The zero-order valence-corrected chi connectivity index (χ0v) is 18.0.